The van der Waals surface area contributed by atoms with Crippen molar-refractivity contribution in [2.75, 3.05) is 6.61 Å². The van der Waals surface area contributed by atoms with Gasteiger partial charge in [0.15, 0.2) is 5.82 Å². The SMILES string of the molecule is Cc1cc(CC(C)N)nc(COCC(F)(F)F)n1. The fourth-order valence-corrected chi connectivity index (χ4v) is 1.46. The van der Waals surface area contributed by atoms with E-state index in [0.717, 1.165) is 0 Å². The first-order valence-corrected chi connectivity index (χ1v) is 5.50. The lowest BCUT2D eigenvalue weighted by Gasteiger charge is -2.09. The summed E-state index contributed by atoms with van der Waals surface area (Å²) in [7, 11) is 0. The first kappa shape index (κ1) is 14.8. The van der Waals surface area contributed by atoms with E-state index in [-0.39, 0.29) is 18.5 Å². The van der Waals surface area contributed by atoms with Crippen molar-refractivity contribution in [1.29, 1.82) is 0 Å². The predicted octanol–water partition coefficient (Wildman–Crippen LogP) is 1.75. The molecule has 0 saturated heterocycles. The highest BCUT2D eigenvalue weighted by Crippen LogP contribution is 2.15. The number of nitrogens with zero attached hydrogens (tertiary/aromatic N) is 2. The molecule has 1 unspecified atom stereocenters. The average molecular weight is 263 g/mol. The number of alkyl halides is 3. The lowest BCUT2D eigenvalue weighted by atomic mass is 10.2. The lowest BCUT2D eigenvalue weighted by Crippen LogP contribution is -2.20. The van der Waals surface area contributed by atoms with Gasteiger partial charge in [0.2, 0.25) is 0 Å². The Labute approximate surface area is 103 Å². The summed E-state index contributed by atoms with van der Waals surface area (Å²) in [5, 5.41) is 0. The van der Waals surface area contributed by atoms with Gasteiger partial charge in [-0.05, 0) is 19.9 Å². The monoisotopic (exact) mass is 263 g/mol. The van der Waals surface area contributed by atoms with E-state index in [2.05, 4.69) is 14.7 Å². The van der Waals surface area contributed by atoms with Crippen LogP contribution in [0.5, 0.6) is 0 Å². The van der Waals surface area contributed by atoms with Gasteiger partial charge in [0, 0.05) is 23.9 Å². The first-order valence-electron chi connectivity index (χ1n) is 5.50. The van der Waals surface area contributed by atoms with Crippen LogP contribution in [0.15, 0.2) is 6.07 Å². The molecular formula is C11H16F3N3O. The van der Waals surface area contributed by atoms with Crippen molar-refractivity contribution in [3.63, 3.8) is 0 Å². The summed E-state index contributed by atoms with van der Waals surface area (Å²) < 4.78 is 40.2. The summed E-state index contributed by atoms with van der Waals surface area (Å²) in [4.78, 5) is 8.13. The quantitative estimate of drug-likeness (QED) is 0.879. The molecule has 1 aromatic rings. The number of hydrogen-bond acceptors (Lipinski definition) is 4. The Morgan fingerprint density at radius 1 is 1.39 bits per heavy atom. The van der Waals surface area contributed by atoms with Crippen LogP contribution in [0.25, 0.3) is 0 Å². The van der Waals surface area contributed by atoms with Gasteiger partial charge in [0.25, 0.3) is 0 Å². The standard InChI is InChI=1S/C11H16F3N3O/c1-7(15)3-9-4-8(2)16-10(17-9)5-18-6-11(12,13)14/h4,7H,3,5-6,15H2,1-2H3. The van der Waals surface area contributed by atoms with Crippen LogP contribution in [0.3, 0.4) is 0 Å². The van der Waals surface area contributed by atoms with Crippen LogP contribution >= 0.6 is 0 Å². The number of nitrogens with two attached hydrogens (primary N) is 1. The minimum absolute atomic E-state index is 0.0664. The van der Waals surface area contributed by atoms with Crippen LogP contribution in [0.1, 0.15) is 24.1 Å². The largest absolute Gasteiger partial charge is 0.411 e. The Morgan fingerprint density at radius 2 is 2.06 bits per heavy atom. The third kappa shape index (κ3) is 5.92. The van der Waals surface area contributed by atoms with Crippen molar-refractivity contribution in [2.24, 2.45) is 5.73 Å². The fraction of sp³-hybridized carbons (Fsp3) is 0.636. The van der Waals surface area contributed by atoms with Gasteiger partial charge in [0.1, 0.15) is 13.2 Å². The zero-order chi connectivity index (χ0) is 13.8. The molecule has 0 saturated carbocycles. The highest BCUT2D eigenvalue weighted by Gasteiger charge is 2.27. The van der Waals surface area contributed by atoms with Gasteiger partial charge in [0.05, 0.1) is 0 Å². The van der Waals surface area contributed by atoms with E-state index < -0.39 is 12.8 Å². The van der Waals surface area contributed by atoms with E-state index in [1.54, 1.807) is 13.0 Å². The first-order chi connectivity index (χ1) is 8.26. The van der Waals surface area contributed by atoms with Crippen molar-refractivity contribution in [2.45, 2.75) is 39.1 Å². The lowest BCUT2D eigenvalue weighted by molar-refractivity contribution is -0.177. The van der Waals surface area contributed by atoms with Gasteiger partial charge in [-0.15, -0.1) is 0 Å². The third-order valence-corrected chi connectivity index (χ3v) is 1.98. The van der Waals surface area contributed by atoms with Gasteiger partial charge in [-0.1, -0.05) is 0 Å². The predicted molar refractivity (Wildman–Crippen MR) is 59.8 cm³/mol. The molecule has 2 N–H and O–H groups in total. The summed E-state index contributed by atoms with van der Waals surface area (Å²) in [6.07, 6.45) is -3.78. The molecule has 0 aromatic carbocycles. The molecule has 0 aliphatic heterocycles. The second-order valence-corrected chi connectivity index (χ2v) is 4.21. The molecule has 18 heavy (non-hydrogen) atoms. The summed E-state index contributed by atoms with van der Waals surface area (Å²) in [5.74, 6) is 0.245. The van der Waals surface area contributed by atoms with E-state index in [1.807, 2.05) is 6.92 Å². The molecule has 0 aliphatic rings. The van der Waals surface area contributed by atoms with Gasteiger partial charge >= 0.3 is 6.18 Å². The van der Waals surface area contributed by atoms with Gasteiger partial charge in [-0.25, -0.2) is 9.97 Å². The minimum Gasteiger partial charge on any atom is -0.364 e. The molecule has 0 bridgehead atoms. The van der Waals surface area contributed by atoms with Crippen molar-refractivity contribution in [1.82, 2.24) is 9.97 Å². The average Bonchev–Trinajstić information content (AvgIpc) is 2.12. The third-order valence-electron chi connectivity index (χ3n) is 1.98. The van der Waals surface area contributed by atoms with Crippen molar-refractivity contribution < 1.29 is 17.9 Å². The number of hydrogen-bond donors (Lipinski definition) is 1. The van der Waals surface area contributed by atoms with E-state index in [9.17, 15) is 13.2 Å². The normalized spacial score (nSPS) is 13.7. The molecule has 4 nitrogen and oxygen atoms in total. The van der Waals surface area contributed by atoms with E-state index in [1.165, 1.54) is 0 Å². The van der Waals surface area contributed by atoms with Gasteiger partial charge in [-0.3, -0.25) is 0 Å². The molecule has 1 atom stereocenters. The van der Waals surface area contributed by atoms with Crippen LogP contribution in [-0.4, -0.2) is 28.8 Å². The highest BCUT2D eigenvalue weighted by molar-refractivity contribution is 5.10. The second kappa shape index (κ2) is 6.10. The summed E-state index contributed by atoms with van der Waals surface area (Å²) in [6.45, 7) is 2.02. The van der Waals surface area contributed by atoms with E-state index in [4.69, 9.17) is 5.73 Å². The maximum absolute atomic E-state index is 11.9. The van der Waals surface area contributed by atoms with Crippen molar-refractivity contribution in [3.8, 4) is 0 Å². The fourth-order valence-electron chi connectivity index (χ4n) is 1.46. The minimum atomic E-state index is -4.33. The van der Waals surface area contributed by atoms with E-state index in [0.29, 0.717) is 17.8 Å². The van der Waals surface area contributed by atoms with Crippen LogP contribution in [0, 0.1) is 6.92 Å². The molecule has 0 amide bonds. The van der Waals surface area contributed by atoms with Crippen molar-refractivity contribution >= 4 is 0 Å². The smallest absolute Gasteiger partial charge is 0.364 e. The highest BCUT2D eigenvalue weighted by atomic mass is 19.4. The molecule has 1 aromatic heterocycles. The molecule has 0 radical (unpaired) electrons. The molecule has 102 valence electrons. The summed E-state index contributed by atoms with van der Waals surface area (Å²) >= 11 is 0. The molecule has 1 heterocycles. The van der Waals surface area contributed by atoms with Crippen LogP contribution < -0.4 is 5.73 Å². The van der Waals surface area contributed by atoms with Gasteiger partial charge in [-0.2, -0.15) is 13.2 Å². The number of halogens is 3. The zero-order valence-corrected chi connectivity index (χ0v) is 10.3. The number of rotatable bonds is 5. The van der Waals surface area contributed by atoms with Gasteiger partial charge < -0.3 is 10.5 Å². The summed E-state index contributed by atoms with van der Waals surface area (Å²) in [6, 6.07) is 1.69. The molecule has 0 spiro atoms. The Bertz CT molecular complexity index is 394. The zero-order valence-electron chi connectivity index (χ0n) is 10.3. The molecule has 1 rings (SSSR count). The Kier molecular flexibility index (Phi) is 5.03. The Hall–Kier alpha value is -1.21. The van der Waals surface area contributed by atoms with Crippen LogP contribution in [0.2, 0.25) is 0 Å². The van der Waals surface area contributed by atoms with Crippen LogP contribution in [0.4, 0.5) is 13.2 Å². The summed E-state index contributed by atoms with van der Waals surface area (Å²) in [5.41, 5.74) is 7.04. The second-order valence-electron chi connectivity index (χ2n) is 4.21. The number of ether oxygens (including phenoxy) is 1. The maximum atomic E-state index is 11.9. The van der Waals surface area contributed by atoms with Crippen LogP contribution in [-0.2, 0) is 17.8 Å². The molecule has 0 fully saturated rings. The molecular weight excluding hydrogens is 247 g/mol. The Balaban J connectivity index is 2.62. The van der Waals surface area contributed by atoms with E-state index >= 15 is 0 Å². The Morgan fingerprint density at radius 3 is 2.61 bits per heavy atom. The number of aromatic nitrogens is 2. The maximum Gasteiger partial charge on any atom is 0.411 e. The van der Waals surface area contributed by atoms with Crippen molar-refractivity contribution in [3.05, 3.63) is 23.3 Å². The topological polar surface area (TPSA) is 61.0 Å². The molecule has 0 aliphatic carbocycles. The molecule has 7 heteroatoms. The number of aryl methyl sites for hydroxylation is 1.